The van der Waals surface area contributed by atoms with Crippen molar-refractivity contribution < 1.29 is 13.6 Å². The van der Waals surface area contributed by atoms with Crippen molar-refractivity contribution in [1.82, 2.24) is 20.2 Å². The molecule has 0 saturated carbocycles. The van der Waals surface area contributed by atoms with Gasteiger partial charge in [0.05, 0.1) is 11.9 Å². The maximum Gasteiger partial charge on any atom is 0.317 e. The number of aromatic amines is 1. The first-order chi connectivity index (χ1) is 12.5. The van der Waals surface area contributed by atoms with Crippen LogP contribution in [0.2, 0.25) is 0 Å². The quantitative estimate of drug-likeness (QED) is 0.862. The molecule has 2 amide bonds. The first-order valence-electron chi connectivity index (χ1n) is 9.03. The van der Waals surface area contributed by atoms with Crippen molar-refractivity contribution in [2.75, 3.05) is 13.1 Å². The van der Waals surface area contributed by atoms with Crippen LogP contribution in [-0.2, 0) is 0 Å². The van der Waals surface area contributed by atoms with Crippen molar-refractivity contribution in [2.45, 2.75) is 45.1 Å². The third kappa shape index (κ3) is 4.03. The standard InChI is InChI=1S/C19H24F2N4O/c1-3-12(2)23-19(26)25-8-6-13(7-9-25)18-22-11-17(24-18)14-4-5-15(20)16(21)10-14/h4-5,10-13H,3,6-9H2,1-2H3,(H,22,24)(H,23,26)/t12-/m0/s1. The number of carbonyl (C=O) groups excluding carboxylic acids is 1. The smallest absolute Gasteiger partial charge is 0.317 e. The van der Waals surface area contributed by atoms with Gasteiger partial charge in [-0.25, -0.2) is 18.6 Å². The Morgan fingerprint density at radius 3 is 2.73 bits per heavy atom. The first-order valence-corrected chi connectivity index (χ1v) is 9.03. The molecule has 1 atom stereocenters. The molecule has 1 aliphatic heterocycles. The number of benzene rings is 1. The number of hydrogen-bond donors (Lipinski definition) is 2. The summed E-state index contributed by atoms with van der Waals surface area (Å²) in [7, 11) is 0. The number of aromatic nitrogens is 2. The second-order valence-electron chi connectivity index (χ2n) is 6.83. The molecule has 1 aromatic heterocycles. The SMILES string of the molecule is CC[C@H](C)NC(=O)N1CCC(c2ncc(-c3ccc(F)c(F)c3)[nH]2)CC1. The molecule has 7 heteroatoms. The van der Waals surface area contributed by atoms with E-state index in [1.54, 1.807) is 6.20 Å². The van der Waals surface area contributed by atoms with Crippen LogP contribution in [0.5, 0.6) is 0 Å². The molecule has 1 aliphatic rings. The fourth-order valence-electron chi connectivity index (χ4n) is 3.11. The molecule has 0 unspecified atom stereocenters. The summed E-state index contributed by atoms with van der Waals surface area (Å²) in [4.78, 5) is 21.6. The van der Waals surface area contributed by atoms with Crippen molar-refractivity contribution in [3.05, 3.63) is 41.9 Å². The lowest BCUT2D eigenvalue weighted by Gasteiger charge is -2.32. The van der Waals surface area contributed by atoms with E-state index in [-0.39, 0.29) is 18.0 Å². The number of amides is 2. The number of rotatable bonds is 4. The van der Waals surface area contributed by atoms with Gasteiger partial charge in [-0.05, 0) is 44.4 Å². The Morgan fingerprint density at radius 2 is 2.08 bits per heavy atom. The number of halogens is 2. The van der Waals surface area contributed by atoms with Crippen LogP contribution in [0.25, 0.3) is 11.3 Å². The largest absolute Gasteiger partial charge is 0.342 e. The second-order valence-corrected chi connectivity index (χ2v) is 6.83. The highest BCUT2D eigenvalue weighted by Gasteiger charge is 2.26. The zero-order valence-corrected chi connectivity index (χ0v) is 15.1. The van der Waals surface area contributed by atoms with Crippen LogP contribution in [0.1, 0.15) is 44.9 Å². The third-order valence-corrected chi connectivity index (χ3v) is 4.98. The van der Waals surface area contributed by atoms with Crippen LogP contribution >= 0.6 is 0 Å². The van der Waals surface area contributed by atoms with Gasteiger partial charge in [-0.3, -0.25) is 0 Å². The fourth-order valence-corrected chi connectivity index (χ4v) is 3.11. The summed E-state index contributed by atoms with van der Waals surface area (Å²) in [6.45, 7) is 5.38. The predicted molar refractivity (Wildman–Crippen MR) is 95.8 cm³/mol. The number of piperidine rings is 1. The van der Waals surface area contributed by atoms with E-state index in [0.717, 1.165) is 37.2 Å². The van der Waals surface area contributed by atoms with Gasteiger partial charge in [-0.15, -0.1) is 0 Å². The minimum Gasteiger partial charge on any atom is -0.342 e. The van der Waals surface area contributed by atoms with Gasteiger partial charge in [0.1, 0.15) is 5.82 Å². The molecule has 0 bridgehead atoms. The molecule has 3 rings (SSSR count). The van der Waals surface area contributed by atoms with Gasteiger partial charge in [-0.1, -0.05) is 6.92 Å². The number of carbonyl (C=O) groups is 1. The van der Waals surface area contributed by atoms with Crippen molar-refractivity contribution in [3.63, 3.8) is 0 Å². The molecule has 26 heavy (non-hydrogen) atoms. The van der Waals surface area contributed by atoms with Crippen LogP contribution in [0.15, 0.2) is 24.4 Å². The van der Waals surface area contributed by atoms with E-state index < -0.39 is 11.6 Å². The summed E-state index contributed by atoms with van der Waals surface area (Å²) in [5, 5.41) is 2.99. The second kappa shape index (κ2) is 7.85. The van der Waals surface area contributed by atoms with Gasteiger partial charge in [0.2, 0.25) is 0 Å². The molecule has 2 aromatic rings. The van der Waals surface area contributed by atoms with Gasteiger partial charge in [-0.2, -0.15) is 0 Å². The predicted octanol–water partition coefficient (Wildman–Crippen LogP) is 4.04. The van der Waals surface area contributed by atoms with Gasteiger partial charge in [0.25, 0.3) is 0 Å². The highest BCUT2D eigenvalue weighted by molar-refractivity contribution is 5.74. The number of hydrogen-bond acceptors (Lipinski definition) is 2. The van der Waals surface area contributed by atoms with E-state index in [2.05, 4.69) is 15.3 Å². The van der Waals surface area contributed by atoms with Crippen LogP contribution < -0.4 is 5.32 Å². The molecule has 2 heterocycles. The Labute approximate surface area is 151 Å². The van der Waals surface area contributed by atoms with Crippen LogP contribution in [0.4, 0.5) is 13.6 Å². The molecule has 1 aromatic carbocycles. The monoisotopic (exact) mass is 362 g/mol. The lowest BCUT2D eigenvalue weighted by molar-refractivity contribution is 0.177. The number of nitrogens with zero attached hydrogens (tertiary/aromatic N) is 2. The molecule has 2 N–H and O–H groups in total. The van der Waals surface area contributed by atoms with E-state index in [1.165, 1.54) is 6.07 Å². The average Bonchev–Trinajstić information content (AvgIpc) is 3.14. The summed E-state index contributed by atoms with van der Waals surface area (Å²) in [5.41, 5.74) is 1.23. The molecule has 140 valence electrons. The number of likely N-dealkylation sites (tertiary alicyclic amines) is 1. The number of nitrogens with one attached hydrogen (secondary N) is 2. The Morgan fingerprint density at radius 1 is 1.35 bits per heavy atom. The molecular formula is C19H24F2N4O. The van der Waals surface area contributed by atoms with Crippen molar-refractivity contribution in [3.8, 4) is 11.3 Å². The zero-order valence-electron chi connectivity index (χ0n) is 15.1. The van der Waals surface area contributed by atoms with Crippen LogP contribution in [0, 0.1) is 11.6 Å². The highest BCUT2D eigenvalue weighted by Crippen LogP contribution is 2.28. The van der Waals surface area contributed by atoms with Gasteiger partial charge in [0.15, 0.2) is 11.6 Å². The maximum atomic E-state index is 13.4. The minimum absolute atomic E-state index is 0.0141. The van der Waals surface area contributed by atoms with Crippen molar-refractivity contribution in [1.29, 1.82) is 0 Å². The number of H-pyrrole nitrogens is 1. The Balaban J connectivity index is 1.61. The molecule has 0 aliphatic carbocycles. The summed E-state index contributed by atoms with van der Waals surface area (Å²) in [6, 6.07) is 3.95. The molecule has 5 nitrogen and oxygen atoms in total. The van der Waals surface area contributed by atoms with E-state index >= 15 is 0 Å². The van der Waals surface area contributed by atoms with E-state index in [1.807, 2.05) is 18.7 Å². The van der Waals surface area contributed by atoms with E-state index in [0.29, 0.717) is 24.3 Å². The Kier molecular flexibility index (Phi) is 5.54. The lowest BCUT2D eigenvalue weighted by Crippen LogP contribution is -2.46. The first kappa shape index (κ1) is 18.4. The molecule has 0 spiro atoms. The van der Waals surface area contributed by atoms with Crippen molar-refractivity contribution >= 4 is 6.03 Å². The maximum absolute atomic E-state index is 13.4. The number of urea groups is 1. The molecule has 1 saturated heterocycles. The molecule has 1 fully saturated rings. The van der Waals surface area contributed by atoms with Gasteiger partial charge >= 0.3 is 6.03 Å². The fraction of sp³-hybridized carbons (Fsp3) is 0.474. The third-order valence-electron chi connectivity index (χ3n) is 4.98. The summed E-state index contributed by atoms with van der Waals surface area (Å²) >= 11 is 0. The van der Waals surface area contributed by atoms with Crippen LogP contribution in [0.3, 0.4) is 0 Å². The highest BCUT2D eigenvalue weighted by atomic mass is 19.2. The molecular weight excluding hydrogens is 338 g/mol. The zero-order chi connectivity index (χ0) is 18.7. The van der Waals surface area contributed by atoms with Gasteiger partial charge < -0.3 is 15.2 Å². The van der Waals surface area contributed by atoms with E-state index in [9.17, 15) is 13.6 Å². The minimum atomic E-state index is -0.876. The summed E-state index contributed by atoms with van der Waals surface area (Å²) < 4.78 is 26.5. The van der Waals surface area contributed by atoms with Gasteiger partial charge in [0, 0.05) is 30.6 Å². The Hall–Kier alpha value is -2.44. The van der Waals surface area contributed by atoms with Crippen molar-refractivity contribution in [2.24, 2.45) is 0 Å². The average molecular weight is 362 g/mol. The van der Waals surface area contributed by atoms with Crippen LogP contribution in [-0.4, -0.2) is 40.0 Å². The summed E-state index contributed by atoms with van der Waals surface area (Å²) in [6.07, 6.45) is 4.18. The van der Waals surface area contributed by atoms with E-state index in [4.69, 9.17) is 0 Å². The molecule has 0 radical (unpaired) electrons. The summed E-state index contributed by atoms with van der Waals surface area (Å²) in [5.74, 6) is -0.691. The lowest BCUT2D eigenvalue weighted by atomic mass is 9.96. The topological polar surface area (TPSA) is 61.0 Å². The normalized spacial score (nSPS) is 16.5. The Bertz CT molecular complexity index is 769. The number of imidazole rings is 1.